The summed E-state index contributed by atoms with van der Waals surface area (Å²) in [7, 11) is 0. The molecule has 0 unspecified atom stereocenters. The third-order valence-corrected chi connectivity index (χ3v) is 1.13. The Labute approximate surface area is 64.2 Å². The van der Waals surface area contributed by atoms with Gasteiger partial charge in [-0.05, 0) is 18.2 Å². The van der Waals surface area contributed by atoms with Gasteiger partial charge in [-0.1, -0.05) is 0 Å². The van der Waals surface area contributed by atoms with Crippen LogP contribution in [0.3, 0.4) is 0 Å². The lowest BCUT2D eigenvalue weighted by atomic mass is 10.3. The van der Waals surface area contributed by atoms with Crippen molar-refractivity contribution < 1.29 is 5.11 Å². The lowest BCUT2D eigenvalue weighted by Crippen LogP contribution is -1.78. The Morgan fingerprint density at radius 2 is 2.45 bits per heavy atom. The molecule has 0 amide bonds. The van der Waals surface area contributed by atoms with Crippen LogP contribution < -0.4 is 0 Å². The van der Waals surface area contributed by atoms with Crippen molar-refractivity contribution in [1.82, 2.24) is 4.98 Å². The summed E-state index contributed by atoms with van der Waals surface area (Å²) in [6.45, 7) is 0. The van der Waals surface area contributed by atoms with Crippen LogP contribution in [-0.4, -0.2) is 10.1 Å². The first-order valence-corrected chi connectivity index (χ1v) is 3.05. The number of aromatic nitrogens is 1. The summed E-state index contributed by atoms with van der Waals surface area (Å²) in [6.07, 6.45) is 4.27. The topological polar surface area (TPSA) is 56.9 Å². The largest absolute Gasteiger partial charge is 0.506 e. The van der Waals surface area contributed by atoms with Gasteiger partial charge < -0.3 is 5.11 Å². The van der Waals surface area contributed by atoms with Crippen molar-refractivity contribution in [2.24, 2.45) is 0 Å². The summed E-state index contributed by atoms with van der Waals surface area (Å²) >= 11 is 0. The summed E-state index contributed by atoms with van der Waals surface area (Å²) in [5.41, 5.74) is 0.411. The Hall–Kier alpha value is -1.82. The molecule has 0 atom stereocenters. The molecule has 0 spiro atoms. The van der Waals surface area contributed by atoms with Gasteiger partial charge in [0.1, 0.15) is 11.4 Å². The molecule has 1 heterocycles. The zero-order valence-electron chi connectivity index (χ0n) is 5.73. The lowest BCUT2D eigenvalue weighted by Gasteiger charge is -1.93. The second-order valence-corrected chi connectivity index (χ2v) is 1.87. The predicted octanol–water partition coefficient (Wildman–Crippen LogP) is 1.32. The van der Waals surface area contributed by atoms with Crippen LogP contribution in [0.4, 0.5) is 0 Å². The molecule has 3 heteroatoms. The highest BCUT2D eigenvalue weighted by molar-refractivity contribution is 5.53. The van der Waals surface area contributed by atoms with Crippen LogP contribution in [0.1, 0.15) is 5.69 Å². The van der Waals surface area contributed by atoms with E-state index in [0.717, 1.165) is 0 Å². The third-order valence-electron chi connectivity index (χ3n) is 1.13. The van der Waals surface area contributed by atoms with E-state index in [4.69, 9.17) is 10.4 Å². The molecule has 3 nitrogen and oxygen atoms in total. The number of nitrogens with zero attached hydrogens (tertiary/aromatic N) is 2. The summed E-state index contributed by atoms with van der Waals surface area (Å²) in [5, 5.41) is 17.3. The zero-order chi connectivity index (χ0) is 8.10. The monoisotopic (exact) mass is 146 g/mol. The van der Waals surface area contributed by atoms with Crippen molar-refractivity contribution in [1.29, 1.82) is 5.26 Å². The van der Waals surface area contributed by atoms with E-state index in [2.05, 4.69) is 4.98 Å². The quantitative estimate of drug-likeness (QED) is 0.608. The standard InChI is InChI=1S/C8H6N2O/c9-5-1-3-7-8(11)4-2-6-10-7/h1-4,6,11H. The minimum absolute atomic E-state index is 0.0824. The van der Waals surface area contributed by atoms with E-state index in [-0.39, 0.29) is 5.75 Å². The molecule has 0 aliphatic rings. The molecule has 1 rings (SSSR count). The van der Waals surface area contributed by atoms with E-state index in [0.29, 0.717) is 5.69 Å². The van der Waals surface area contributed by atoms with Gasteiger partial charge >= 0.3 is 0 Å². The Bertz CT molecular complexity index is 312. The molecule has 0 aliphatic heterocycles. The van der Waals surface area contributed by atoms with Crippen molar-refractivity contribution in [2.75, 3.05) is 0 Å². The Morgan fingerprint density at radius 1 is 1.64 bits per heavy atom. The van der Waals surface area contributed by atoms with Gasteiger partial charge in [0.15, 0.2) is 0 Å². The molecule has 0 aromatic carbocycles. The fourth-order valence-electron chi connectivity index (χ4n) is 0.654. The molecule has 1 aromatic heterocycles. The first-order chi connectivity index (χ1) is 5.34. The SMILES string of the molecule is N#CC=Cc1ncccc1O. The summed E-state index contributed by atoms with van der Waals surface area (Å²) in [4.78, 5) is 3.83. The predicted molar refractivity (Wildman–Crippen MR) is 40.5 cm³/mol. The van der Waals surface area contributed by atoms with Crippen molar-refractivity contribution >= 4 is 6.08 Å². The minimum atomic E-state index is 0.0824. The van der Waals surface area contributed by atoms with Gasteiger partial charge in [0.25, 0.3) is 0 Å². The summed E-state index contributed by atoms with van der Waals surface area (Å²) in [6, 6.07) is 4.95. The van der Waals surface area contributed by atoms with Gasteiger partial charge in [-0.15, -0.1) is 0 Å². The molecular formula is C8H6N2O. The summed E-state index contributed by atoms with van der Waals surface area (Å²) < 4.78 is 0. The highest BCUT2D eigenvalue weighted by atomic mass is 16.3. The van der Waals surface area contributed by atoms with Gasteiger partial charge in [-0.3, -0.25) is 4.98 Å². The molecule has 0 saturated heterocycles. The van der Waals surface area contributed by atoms with E-state index in [1.165, 1.54) is 18.2 Å². The molecule has 0 bridgehead atoms. The van der Waals surface area contributed by atoms with E-state index in [1.54, 1.807) is 12.3 Å². The van der Waals surface area contributed by atoms with Crippen LogP contribution in [0.25, 0.3) is 6.08 Å². The smallest absolute Gasteiger partial charge is 0.141 e. The van der Waals surface area contributed by atoms with Crippen molar-refractivity contribution in [3.63, 3.8) is 0 Å². The van der Waals surface area contributed by atoms with Gasteiger partial charge in [-0.25, -0.2) is 0 Å². The number of hydrogen-bond donors (Lipinski definition) is 1. The molecule has 11 heavy (non-hydrogen) atoms. The molecule has 0 saturated carbocycles. The zero-order valence-corrected chi connectivity index (χ0v) is 5.73. The second kappa shape index (κ2) is 3.37. The van der Waals surface area contributed by atoms with Crippen molar-refractivity contribution in [3.05, 3.63) is 30.1 Å². The second-order valence-electron chi connectivity index (χ2n) is 1.87. The van der Waals surface area contributed by atoms with Gasteiger partial charge in [0.05, 0.1) is 6.07 Å². The molecule has 1 aromatic rings. The molecule has 1 N–H and O–H groups in total. The highest BCUT2D eigenvalue weighted by Crippen LogP contribution is 2.13. The average molecular weight is 146 g/mol. The van der Waals surface area contributed by atoms with Crippen molar-refractivity contribution in [3.8, 4) is 11.8 Å². The van der Waals surface area contributed by atoms with E-state index < -0.39 is 0 Å². The Kier molecular flexibility index (Phi) is 2.24. The Balaban J connectivity index is 2.97. The van der Waals surface area contributed by atoms with Gasteiger partial charge in [-0.2, -0.15) is 5.26 Å². The van der Waals surface area contributed by atoms with Crippen LogP contribution in [0.2, 0.25) is 0 Å². The minimum Gasteiger partial charge on any atom is -0.506 e. The third kappa shape index (κ3) is 1.80. The van der Waals surface area contributed by atoms with Crippen LogP contribution in [-0.2, 0) is 0 Å². The van der Waals surface area contributed by atoms with E-state index in [1.807, 2.05) is 6.07 Å². The first-order valence-electron chi connectivity index (χ1n) is 3.05. The average Bonchev–Trinajstić information content (AvgIpc) is 2.03. The molecule has 0 aliphatic carbocycles. The number of allylic oxidation sites excluding steroid dienone is 1. The molecule has 0 fully saturated rings. The summed E-state index contributed by atoms with van der Waals surface area (Å²) in [5.74, 6) is 0.0824. The van der Waals surface area contributed by atoms with E-state index >= 15 is 0 Å². The molecule has 0 radical (unpaired) electrons. The van der Waals surface area contributed by atoms with Crippen LogP contribution >= 0.6 is 0 Å². The number of aromatic hydroxyl groups is 1. The molecular weight excluding hydrogens is 140 g/mol. The fraction of sp³-hybridized carbons (Fsp3) is 0. The molecule has 54 valence electrons. The van der Waals surface area contributed by atoms with Gasteiger partial charge in [0, 0.05) is 12.3 Å². The van der Waals surface area contributed by atoms with Crippen molar-refractivity contribution in [2.45, 2.75) is 0 Å². The Morgan fingerprint density at radius 3 is 3.09 bits per heavy atom. The fourth-order valence-corrected chi connectivity index (χ4v) is 0.654. The maximum Gasteiger partial charge on any atom is 0.141 e. The highest BCUT2D eigenvalue weighted by Gasteiger charge is 1.93. The maximum atomic E-state index is 9.11. The number of rotatable bonds is 1. The lowest BCUT2D eigenvalue weighted by molar-refractivity contribution is 0.471. The number of nitriles is 1. The number of pyridine rings is 1. The normalized spacial score (nSPS) is 9.73. The maximum absolute atomic E-state index is 9.11. The van der Waals surface area contributed by atoms with Crippen LogP contribution in [0.15, 0.2) is 24.4 Å². The first kappa shape index (κ1) is 7.29. The van der Waals surface area contributed by atoms with Crippen LogP contribution in [0, 0.1) is 11.3 Å². The number of hydrogen-bond acceptors (Lipinski definition) is 3. The van der Waals surface area contributed by atoms with E-state index in [9.17, 15) is 0 Å². The van der Waals surface area contributed by atoms with Crippen LogP contribution in [0.5, 0.6) is 5.75 Å². The van der Waals surface area contributed by atoms with Gasteiger partial charge in [0.2, 0.25) is 0 Å².